The topological polar surface area (TPSA) is 32.3 Å². The van der Waals surface area contributed by atoms with Gasteiger partial charge < -0.3 is 10.4 Å². The van der Waals surface area contributed by atoms with E-state index in [0.29, 0.717) is 13.0 Å². The van der Waals surface area contributed by atoms with Crippen molar-refractivity contribution >= 4 is 0 Å². The van der Waals surface area contributed by atoms with E-state index in [1.807, 2.05) is 0 Å². The second kappa shape index (κ2) is 6.55. The Morgan fingerprint density at radius 1 is 1.31 bits per heavy atom. The van der Waals surface area contributed by atoms with E-state index in [0.717, 1.165) is 6.42 Å². The molecule has 1 unspecified atom stereocenters. The molecular weight excluding hydrogens is 212 g/mol. The fraction of sp³-hybridized carbons (Fsp3) is 0.500. The van der Waals surface area contributed by atoms with Gasteiger partial charge in [0.1, 0.15) is 11.6 Å². The number of nitrogens with one attached hydrogen (secondary N) is 1. The van der Waals surface area contributed by atoms with Gasteiger partial charge in [-0.15, -0.1) is 0 Å². The number of aliphatic hydroxyl groups is 1. The van der Waals surface area contributed by atoms with E-state index >= 15 is 0 Å². The van der Waals surface area contributed by atoms with Crippen LogP contribution in [0.1, 0.15) is 25.3 Å². The van der Waals surface area contributed by atoms with Gasteiger partial charge in [-0.05, 0) is 38.4 Å². The minimum atomic E-state index is -0.525. The molecule has 90 valence electrons. The number of hydrogen-bond donors (Lipinski definition) is 2. The third-order valence-corrected chi connectivity index (χ3v) is 2.34. The van der Waals surface area contributed by atoms with Crippen molar-refractivity contribution in [2.24, 2.45) is 0 Å². The van der Waals surface area contributed by atoms with Gasteiger partial charge in [0, 0.05) is 12.1 Å². The highest BCUT2D eigenvalue weighted by Crippen LogP contribution is 2.11. The summed E-state index contributed by atoms with van der Waals surface area (Å²) in [5, 5.41) is 12.0. The first-order valence-corrected chi connectivity index (χ1v) is 5.43. The predicted molar refractivity (Wildman–Crippen MR) is 59.0 cm³/mol. The Balaban J connectivity index is 2.32. The van der Waals surface area contributed by atoms with Crippen molar-refractivity contribution in [2.75, 3.05) is 6.54 Å². The Morgan fingerprint density at radius 2 is 1.94 bits per heavy atom. The maximum atomic E-state index is 13.2. The molecule has 2 nitrogen and oxygen atoms in total. The Hall–Kier alpha value is -1.00. The highest BCUT2D eigenvalue weighted by Gasteiger charge is 2.06. The van der Waals surface area contributed by atoms with Crippen molar-refractivity contribution < 1.29 is 13.9 Å². The van der Waals surface area contributed by atoms with Crippen molar-refractivity contribution in [1.82, 2.24) is 5.32 Å². The van der Waals surface area contributed by atoms with E-state index < -0.39 is 11.6 Å². The molecule has 0 radical (unpaired) electrons. The number of hydrogen-bond acceptors (Lipinski definition) is 2. The molecule has 16 heavy (non-hydrogen) atoms. The molecule has 0 saturated carbocycles. The molecule has 0 heterocycles. The van der Waals surface area contributed by atoms with Crippen LogP contribution in [0.3, 0.4) is 0 Å². The van der Waals surface area contributed by atoms with E-state index in [4.69, 9.17) is 5.11 Å². The lowest BCUT2D eigenvalue weighted by Crippen LogP contribution is -2.18. The molecule has 1 aromatic carbocycles. The van der Waals surface area contributed by atoms with Crippen LogP contribution in [-0.4, -0.2) is 17.8 Å². The van der Waals surface area contributed by atoms with E-state index in [1.165, 1.54) is 18.2 Å². The fourth-order valence-electron chi connectivity index (χ4n) is 1.44. The Morgan fingerprint density at radius 3 is 2.50 bits per heavy atom. The van der Waals surface area contributed by atoms with Gasteiger partial charge in [0.2, 0.25) is 0 Å². The molecule has 0 saturated heterocycles. The van der Waals surface area contributed by atoms with Gasteiger partial charge in [0.25, 0.3) is 0 Å². The number of benzene rings is 1. The van der Waals surface area contributed by atoms with Gasteiger partial charge in [0.05, 0.1) is 6.10 Å². The number of rotatable bonds is 6. The first-order chi connectivity index (χ1) is 7.61. The highest BCUT2D eigenvalue weighted by molar-refractivity contribution is 5.19. The zero-order valence-electron chi connectivity index (χ0n) is 9.34. The van der Waals surface area contributed by atoms with Gasteiger partial charge in [0.15, 0.2) is 0 Å². The lowest BCUT2D eigenvalue weighted by Gasteiger charge is -2.07. The molecule has 0 aliphatic heterocycles. The summed E-state index contributed by atoms with van der Waals surface area (Å²) in [4.78, 5) is 0. The van der Waals surface area contributed by atoms with Crippen LogP contribution in [0.15, 0.2) is 18.2 Å². The highest BCUT2D eigenvalue weighted by atomic mass is 19.1. The minimum absolute atomic E-state index is 0.0690. The summed E-state index contributed by atoms with van der Waals surface area (Å²) >= 11 is 0. The monoisotopic (exact) mass is 229 g/mol. The molecule has 2 N–H and O–H groups in total. The maximum absolute atomic E-state index is 13.2. The molecule has 0 aliphatic carbocycles. The molecule has 0 bridgehead atoms. The molecule has 4 heteroatoms. The Bertz CT molecular complexity index is 309. The van der Waals surface area contributed by atoms with Crippen LogP contribution in [0.25, 0.3) is 0 Å². The quantitative estimate of drug-likeness (QED) is 0.733. The van der Waals surface area contributed by atoms with Crippen LogP contribution >= 0.6 is 0 Å². The summed E-state index contributed by atoms with van der Waals surface area (Å²) in [6, 6.07) is 3.84. The predicted octanol–water partition coefficient (Wildman–Crippen LogP) is 2.22. The van der Waals surface area contributed by atoms with E-state index in [1.54, 1.807) is 6.92 Å². The molecule has 1 rings (SSSR count). The van der Waals surface area contributed by atoms with Crippen molar-refractivity contribution in [3.8, 4) is 0 Å². The van der Waals surface area contributed by atoms with Crippen molar-refractivity contribution in [3.05, 3.63) is 35.4 Å². The second-order valence-corrected chi connectivity index (χ2v) is 3.87. The summed E-state index contributed by atoms with van der Waals surface area (Å²) in [6.07, 6.45) is 1.15. The average Bonchev–Trinajstić information content (AvgIpc) is 2.21. The van der Waals surface area contributed by atoms with E-state index in [9.17, 15) is 8.78 Å². The number of aliphatic hydroxyl groups excluding tert-OH is 1. The third-order valence-electron chi connectivity index (χ3n) is 2.34. The van der Waals surface area contributed by atoms with Crippen molar-refractivity contribution in [1.29, 1.82) is 0 Å². The van der Waals surface area contributed by atoms with E-state index in [2.05, 4.69) is 5.32 Å². The third kappa shape index (κ3) is 4.24. The molecule has 1 aromatic rings. The normalized spacial score (nSPS) is 12.8. The van der Waals surface area contributed by atoms with Gasteiger partial charge in [-0.1, -0.05) is 6.07 Å². The van der Waals surface area contributed by atoms with Crippen LogP contribution < -0.4 is 5.32 Å². The fourth-order valence-corrected chi connectivity index (χ4v) is 1.44. The van der Waals surface area contributed by atoms with E-state index in [-0.39, 0.29) is 18.2 Å². The van der Waals surface area contributed by atoms with Gasteiger partial charge in [-0.25, -0.2) is 8.78 Å². The lowest BCUT2D eigenvalue weighted by molar-refractivity contribution is 0.181. The zero-order valence-corrected chi connectivity index (χ0v) is 9.34. The molecule has 0 aromatic heterocycles. The first-order valence-electron chi connectivity index (χ1n) is 5.43. The first kappa shape index (κ1) is 13.1. The Labute approximate surface area is 94.3 Å². The largest absolute Gasteiger partial charge is 0.393 e. The van der Waals surface area contributed by atoms with Crippen molar-refractivity contribution in [3.63, 3.8) is 0 Å². The summed E-state index contributed by atoms with van der Waals surface area (Å²) in [7, 11) is 0. The standard InChI is InChI=1S/C12H17F2NO/c1-9(16)4-3-7-15-8-10-11(13)5-2-6-12(10)14/h2,5-6,9,15-16H,3-4,7-8H2,1H3. The van der Waals surface area contributed by atoms with Gasteiger partial charge in [-0.3, -0.25) is 0 Å². The molecule has 0 fully saturated rings. The van der Waals surface area contributed by atoms with Crippen LogP contribution in [0.2, 0.25) is 0 Å². The summed E-state index contributed by atoms with van der Waals surface area (Å²) < 4.78 is 26.3. The SMILES string of the molecule is CC(O)CCCNCc1c(F)cccc1F. The summed E-state index contributed by atoms with van der Waals surface area (Å²) in [6.45, 7) is 2.54. The smallest absolute Gasteiger partial charge is 0.130 e. The van der Waals surface area contributed by atoms with Gasteiger partial charge >= 0.3 is 0 Å². The van der Waals surface area contributed by atoms with Crippen LogP contribution in [0, 0.1) is 11.6 Å². The average molecular weight is 229 g/mol. The Kier molecular flexibility index (Phi) is 5.35. The molecule has 0 aliphatic rings. The maximum Gasteiger partial charge on any atom is 0.130 e. The number of halogens is 2. The van der Waals surface area contributed by atoms with Gasteiger partial charge in [-0.2, -0.15) is 0 Å². The summed E-state index contributed by atoms with van der Waals surface area (Å²) in [5.74, 6) is -1.05. The second-order valence-electron chi connectivity index (χ2n) is 3.87. The molecule has 0 spiro atoms. The minimum Gasteiger partial charge on any atom is -0.393 e. The zero-order chi connectivity index (χ0) is 12.0. The van der Waals surface area contributed by atoms with Crippen LogP contribution in [0.5, 0.6) is 0 Å². The lowest BCUT2D eigenvalue weighted by atomic mass is 10.2. The van der Waals surface area contributed by atoms with Crippen LogP contribution in [0.4, 0.5) is 8.78 Å². The molecule has 0 amide bonds. The molecule has 1 atom stereocenters. The summed E-state index contributed by atoms with van der Waals surface area (Å²) in [5.41, 5.74) is 0.0690. The van der Waals surface area contributed by atoms with Crippen LogP contribution in [-0.2, 0) is 6.54 Å². The van der Waals surface area contributed by atoms with Crippen molar-refractivity contribution in [2.45, 2.75) is 32.4 Å². The molecular formula is C12H17F2NO.